The number of likely N-dealkylation sites (tertiary alicyclic amines) is 1. The molecule has 1 aliphatic rings. The lowest BCUT2D eigenvalue weighted by atomic mass is 9.89. The molecule has 2 rings (SSSR count). The monoisotopic (exact) mass is 297 g/mol. The Balaban J connectivity index is 1.81. The molecule has 1 heterocycles. The highest BCUT2D eigenvalue weighted by molar-refractivity contribution is 6.17. The maximum atomic E-state index is 12.9. The van der Waals surface area contributed by atoms with Crippen molar-refractivity contribution in [2.75, 3.05) is 25.5 Å². The number of halogens is 2. The molecule has 0 saturated carbocycles. The van der Waals surface area contributed by atoms with E-state index < -0.39 is 0 Å². The van der Waals surface area contributed by atoms with Crippen LogP contribution < -0.4 is 0 Å². The van der Waals surface area contributed by atoms with Crippen molar-refractivity contribution in [3.05, 3.63) is 35.6 Å². The Morgan fingerprint density at radius 1 is 1.20 bits per heavy atom. The highest BCUT2D eigenvalue weighted by Crippen LogP contribution is 2.22. The zero-order chi connectivity index (χ0) is 14.4. The summed E-state index contributed by atoms with van der Waals surface area (Å²) >= 11 is 5.67. The van der Waals surface area contributed by atoms with Crippen LogP contribution in [0.15, 0.2) is 24.3 Å². The number of ketones is 1. The van der Waals surface area contributed by atoms with Gasteiger partial charge in [-0.3, -0.25) is 4.79 Å². The summed E-state index contributed by atoms with van der Waals surface area (Å²) in [4.78, 5) is 14.7. The van der Waals surface area contributed by atoms with Gasteiger partial charge in [0, 0.05) is 17.4 Å². The molecule has 0 unspecified atom stereocenters. The van der Waals surface area contributed by atoms with E-state index in [1.165, 1.54) is 12.1 Å². The molecule has 1 aliphatic heterocycles. The summed E-state index contributed by atoms with van der Waals surface area (Å²) in [5.74, 6) is 0.672. The molecule has 0 aromatic heterocycles. The summed E-state index contributed by atoms with van der Waals surface area (Å²) in [6, 6.07) is 5.89. The zero-order valence-electron chi connectivity index (χ0n) is 11.7. The summed E-state index contributed by atoms with van der Waals surface area (Å²) in [5, 5.41) is 0. The zero-order valence-corrected chi connectivity index (χ0v) is 12.4. The van der Waals surface area contributed by atoms with Crippen LogP contribution in [0.4, 0.5) is 4.39 Å². The van der Waals surface area contributed by atoms with Gasteiger partial charge in [-0.15, -0.1) is 11.6 Å². The summed E-state index contributed by atoms with van der Waals surface area (Å²) in [6.45, 7) is 3.02. The molecule has 0 amide bonds. The van der Waals surface area contributed by atoms with E-state index in [9.17, 15) is 9.18 Å². The summed E-state index contributed by atoms with van der Waals surface area (Å²) in [5.41, 5.74) is 0.631. The Morgan fingerprint density at radius 3 is 2.45 bits per heavy atom. The minimum Gasteiger partial charge on any atom is -0.303 e. The molecule has 0 bridgehead atoms. The smallest absolute Gasteiger partial charge is 0.166 e. The molecule has 2 nitrogen and oxygen atoms in total. The first-order valence-corrected chi connectivity index (χ1v) is 7.82. The van der Waals surface area contributed by atoms with Gasteiger partial charge in [-0.1, -0.05) is 0 Å². The topological polar surface area (TPSA) is 20.3 Å². The third kappa shape index (κ3) is 4.29. The summed E-state index contributed by atoms with van der Waals surface area (Å²) < 4.78 is 12.9. The first-order valence-electron chi connectivity index (χ1n) is 7.29. The minimum atomic E-state index is -0.296. The molecule has 4 heteroatoms. The van der Waals surface area contributed by atoms with Crippen molar-refractivity contribution in [3.63, 3.8) is 0 Å². The Bertz CT molecular complexity index is 427. The second-order valence-electron chi connectivity index (χ2n) is 5.38. The predicted molar refractivity (Wildman–Crippen MR) is 79.8 cm³/mol. The van der Waals surface area contributed by atoms with Crippen molar-refractivity contribution in [2.24, 2.45) is 5.92 Å². The highest BCUT2D eigenvalue weighted by Gasteiger charge is 2.25. The van der Waals surface area contributed by atoms with Gasteiger partial charge in [-0.2, -0.15) is 0 Å². The molecule has 1 fully saturated rings. The van der Waals surface area contributed by atoms with E-state index in [-0.39, 0.29) is 17.5 Å². The number of nitrogens with zero attached hydrogens (tertiary/aromatic N) is 1. The number of unbranched alkanes of at least 4 members (excludes halogenated alkanes) is 1. The number of hydrogen-bond acceptors (Lipinski definition) is 2. The lowest BCUT2D eigenvalue weighted by Crippen LogP contribution is -2.36. The molecular formula is C16H21ClFNO. The maximum absolute atomic E-state index is 12.9. The van der Waals surface area contributed by atoms with Gasteiger partial charge in [-0.05, 0) is 69.6 Å². The van der Waals surface area contributed by atoms with Crippen LogP contribution in [0.5, 0.6) is 0 Å². The first-order chi connectivity index (χ1) is 9.70. The molecule has 20 heavy (non-hydrogen) atoms. The van der Waals surface area contributed by atoms with Crippen LogP contribution in [-0.2, 0) is 0 Å². The van der Waals surface area contributed by atoms with E-state index in [1.54, 1.807) is 12.1 Å². The quantitative estimate of drug-likeness (QED) is 0.453. The van der Waals surface area contributed by atoms with Gasteiger partial charge < -0.3 is 4.90 Å². The molecule has 110 valence electrons. The lowest BCUT2D eigenvalue weighted by Gasteiger charge is -2.31. The van der Waals surface area contributed by atoms with Crippen LogP contribution in [0.2, 0.25) is 0 Å². The molecule has 0 spiro atoms. The van der Waals surface area contributed by atoms with Crippen LogP contribution in [-0.4, -0.2) is 36.2 Å². The van der Waals surface area contributed by atoms with Gasteiger partial charge in [0.05, 0.1) is 0 Å². The number of piperidine rings is 1. The molecule has 0 aliphatic carbocycles. The second-order valence-corrected chi connectivity index (χ2v) is 5.76. The van der Waals surface area contributed by atoms with Crippen molar-refractivity contribution < 1.29 is 9.18 Å². The van der Waals surface area contributed by atoms with E-state index in [1.807, 2.05) is 0 Å². The van der Waals surface area contributed by atoms with Crippen molar-refractivity contribution in [2.45, 2.75) is 25.7 Å². The molecule has 0 radical (unpaired) electrons. The summed E-state index contributed by atoms with van der Waals surface area (Å²) in [6.07, 6.45) is 3.98. The molecule has 1 aromatic carbocycles. The molecule has 0 N–H and O–H groups in total. The highest BCUT2D eigenvalue weighted by atomic mass is 35.5. The van der Waals surface area contributed by atoms with Gasteiger partial charge >= 0.3 is 0 Å². The maximum Gasteiger partial charge on any atom is 0.166 e. The number of Topliss-reactive ketones (excluding diaryl/α,β-unsaturated/α-hetero) is 1. The van der Waals surface area contributed by atoms with Crippen molar-refractivity contribution in [1.82, 2.24) is 4.90 Å². The lowest BCUT2D eigenvalue weighted by molar-refractivity contribution is 0.0839. The fraction of sp³-hybridized carbons (Fsp3) is 0.562. The van der Waals surface area contributed by atoms with E-state index in [0.29, 0.717) is 5.56 Å². The van der Waals surface area contributed by atoms with Crippen LogP contribution in [0.25, 0.3) is 0 Å². The van der Waals surface area contributed by atoms with Crippen molar-refractivity contribution in [1.29, 1.82) is 0 Å². The number of carbonyl (C=O) groups excluding carboxylic acids is 1. The molecule has 0 atom stereocenters. The Labute approximate surface area is 124 Å². The van der Waals surface area contributed by atoms with Crippen molar-refractivity contribution >= 4 is 17.4 Å². The van der Waals surface area contributed by atoms with E-state index in [2.05, 4.69) is 4.90 Å². The van der Waals surface area contributed by atoms with Crippen LogP contribution >= 0.6 is 11.6 Å². The van der Waals surface area contributed by atoms with Gasteiger partial charge in [0.2, 0.25) is 0 Å². The van der Waals surface area contributed by atoms with Gasteiger partial charge in [0.25, 0.3) is 0 Å². The molecule has 1 aromatic rings. The average Bonchev–Trinajstić information content (AvgIpc) is 2.48. The molecular weight excluding hydrogens is 277 g/mol. The number of rotatable bonds is 6. The Kier molecular flexibility index (Phi) is 5.99. The number of hydrogen-bond donors (Lipinski definition) is 0. The van der Waals surface area contributed by atoms with Crippen LogP contribution in [0.1, 0.15) is 36.0 Å². The Hall–Kier alpha value is -0.930. The Morgan fingerprint density at radius 2 is 1.85 bits per heavy atom. The minimum absolute atomic E-state index is 0.0877. The van der Waals surface area contributed by atoms with E-state index >= 15 is 0 Å². The SMILES string of the molecule is O=C(c1ccc(F)cc1)C1CCN(CCCCCl)CC1. The third-order valence-electron chi connectivity index (χ3n) is 3.95. The van der Waals surface area contributed by atoms with Crippen molar-refractivity contribution in [3.8, 4) is 0 Å². The first kappa shape index (κ1) is 15.5. The number of benzene rings is 1. The average molecular weight is 298 g/mol. The summed E-state index contributed by atoms with van der Waals surface area (Å²) in [7, 11) is 0. The fourth-order valence-corrected chi connectivity index (χ4v) is 2.89. The third-order valence-corrected chi connectivity index (χ3v) is 4.21. The van der Waals surface area contributed by atoms with Gasteiger partial charge in [0.1, 0.15) is 5.82 Å². The number of alkyl halides is 1. The van der Waals surface area contributed by atoms with Gasteiger partial charge in [-0.25, -0.2) is 4.39 Å². The van der Waals surface area contributed by atoms with Crippen LogP contribution in [0.3, 0.4) is 0 Å². The van der Waals surface area contributed by atoms with Gasteiger partial charge in [0.15, 0.2) is 5.78 Å². The van der Waals surface area contributed by atoms with E-state index in [4.69, 9.17) is 11.6 Å². The standard InChI is InChI=1S/C16H21ClFNO/c17-9-1-2-10-19-11-7-14(8-12-19)16(20)13-3-5-15(18)6-4-13/h3-6,14H,1-2,7-12H2. The van der Waals surface area contributed by atoms with E-state index in [0.717, 1.165) is 51.2 Å². The number of carbonyl (C=O) groups is 1. The normalized spacial score (nSPS) is 17.3. The predicted octanol–water partition coefficient (Wildman–Crippen LogP) is 3.74. The fourth-order valence-electron chi connectivity index (χ4n) is 2.70. The molecule has 1 saturated heterocycles. The largest absolute Gasteiger partial charge is 0.303 e. The second kappa shape index (κ2) is 7.75. The van der Waals surface area contributed by atoms with Crippen LogP contribution in [0, 0.1) is 11.7 Å².